The van der Waals surface area contributed by atoms with Gasteiger partial charge in [-0.3, -0.25) is 9.36 Å². The molecule has 0 fully saturated rings. The zero-order chi connectivity index (χ0) is 23.1. The Morgan fingerprint density at radius 1 is 1.19 bits per heavy atom. The van der Waals surface area contributed by atoms with Gasteiger partial charge in [-0.05, 0) is 42.8 Å². The molecule has 0 aliphatic heterocycles. The minimum atomic E-state index is -0.193. The quantitative estimate of drug-likeness (QED) is 0.218. The molecule has 3 rings (SSSR count). The number of carbonyl (C=O) groups excluding carboxylic acids is 1. The molecule has 1 amide bonds. The number of benzene rings is 2. The number of nitrogens with one attached hydrogen (secondary N) is 1. The molecule has 1 heterocycles. The van der Waals surface area contributed by atoms with E-state index in [4.69, 9.17) is 14.7 Å². The maximum absolute atomic E-state index is 12.4. The van der Waals surface area contributed by atoms with Crippen LogP contribution in [0.1, 0.15) is 12.5 Å². The number of thioether (sulfide) groups is 1. The first kappa shape index (κ1) is 22.9. The van der Waals surface area contributed by atoms with Crippen LogP contribution in [0.3, 0.4) is 0 Å². The van der Waals surface area contributed by atoms with Crippen LogP contribution in [0.2, 0.25) is 0 Å². The lowest BCUT2D eigenvalue weighted by Gasteiger charge is -2.10. The van der Waals surface area contributed by atoms with E-state index < -0.39 is 0 Å². The van der Waals surface area contributed by atoms with Gasteiger partial charge in [-0.25, -0.2) is 0 Å². The molecule has 166 valence electrons. The smallest absolute Gasteiger partial charge is 0.234 e. The summed E-state index contributed by atoms with van der Waals surface area (Å²) in [7, 11) is 3.14. The number of oxime groups is 1. The molecule has 2 N–H and O–H groups in total. The lowest BCUT2D eigenvalue weighted by Crippen LogP contribution is -2.14. The van der Waals surface area contributed by atoms with Crippen LogP contribution < -0.4 is 14.8 Å². The van der Waals surface area contributed by atoms with E-state index in [9.17, 15) is 4.79 Å². The van der Waals surface area contributed by atoms with E-state index in [1.54, 1.807) is 68.3 Å². The van der Waals surface area contributed by atoms with Crippen LogP contribution in [0.25, 0.3) is 17.6 Å². The lowest BCUT2D eigenvalue weighted by molar-refractivity contribution is -0.113. The van der Waals surface area contributed by atoms with Crippen molar-refractivity contribution >= 4 is 35.3 Å². The fourth-order valence-corrected chi connectivity index (χ4v) is 3.62. The number of ether oxygens (including phenoxy) is 2. The highest BCUT2D eigenvalue weighted by Gasteiger charge is 2.16. The van der Waals surface area contributed by atoms with Gasteiger partial charge >= 0.3 is 0 Å². The van der Waals surface area contributed by atoms with Gasteiger partial charge in [-0.2, -0.15) is 0 Å². The van der Waals surface area contributed by atoms with Gasteiger partial charge in [-0.1, -0.05) is 35.6 Å². The Balaban J connectivity index is 1.69. The number of amides is 1. The highest BCUT2D eigenvalue weighted by molar-refractivity contribution is 7.99. The number of hydrogen-bond donors (Lipinski definition) is 2. The Kier molecular flexibility index (Phi) is 7.50. The number of anilines is 1. The average molecular weight is 454 g/mol. The molecular weight excluding hydrogens is 430 g/mol. The Hall–Kier alpha value is -3.79. The summed E-state index contributed by atoms with van der Waals surface area (Å²) in [5.74, 6) is 1.70. The molecule has 2 aromatic carbocycles. The highest BCUT2D eigenvalue weighted by atomic mass is 32.2. The Labute approximate surface area is 189 Å². The second-order valence-electron chi connectivity index (χ2n) is 6.53. The molecule has 0 aliphatic rings. The molecule has 0 aliphatic carbocycles. The highest BCUT2D eigenvalue weighted by Crippen LogP contribution is 2.33. The van der Waals surface area contributed by atoms with Gasteiger partial charge in [0.1, 0.15) is 0 Å². The molecule has 0 spiro atoms. The predicted molar refractivity (Wildman–Crippen MR) is 125 cm³/mol. The number of nitrogens with zero attached hydrogens (tertiary/aromatic N) is 4. The van der Waals surface area contributed by atoms with Crippen molar-refractivity contribution in [3.63, 3.8) is 0 Å². The van der Waals surface area contributed by atoms with E-state index >= 15 is 0 Å². The number of methoxy groups -OCH3 is 2. The predicted octanol–water partition coefficient (Wildman–Crippen LogP) is 3.99. The molecule has 1 aromatic heterocycles. The van der Waals surface area contributed by atoms with Gasteiger partial charge < -0.3 is 20.0 Å². The molecule has 9 nitrogen and oxygen atoms in total. The molecular formula is C22H23N5O4S. The van der Waals surface area contributed by atoms with Gasteiger partial charge in [0.05, 0.1) is 25.7 Å². The summed E-state index contributed by atoms with van der Waals surface area (Å²) < 4.78 is 12.3. The first-order valence-corrected chi connectivity index (χ1v) is 10.5. The van der Waals surface area contributed by atoms with Crippen LogP contribution in [0.4, 0.5) is 5.69 Å². The third-order valence-electron chi connectivity index (χ3n) is 4.56. The van der Waals surface area contributed by atoms with Crippen molar-refractivity contribution in [3.05, 3.63) is 54.6 Å². The summed E-state index contributed by atoms with van der Waals surface area (Å²) in [6, 6.07) is 12.5. The zero-order valence-corrected chi connectivity index (χ0v) is 18.7. The third-order valence-corrected chi connectivity index (χ3v) is 5.50. The van der Waals surface area contributed by atoms with E-state index in [1.807, 2.05) is 6.07 Å². The normalized spacial score (nSPS) is 11.2. The molecule has 0 atom stereocenters. The number of rotatable bonds is 9. The van der Waals surface area contributed by atoms with Crippen LogP contribution >= 0.6 is 11.8 Å². The fourth-order valence-electron chi connectivity index (χ4n) is 2.89. The molecule has 0 radical (unpaired) electrons. The second-order valence-corrected chi connectivity index (χ2v) is 7.47. The first-order valence-electron chi connectivity index (χ1n) is 9.52. The summed E-state index contributed by atoms with van der Waals surface area (Å²) in [5.41, 5.74) is 2.67. The fraction of sp³-hybridized carbons (Fsp3) is 0.182. The van der Waals surface area contributed by atoms with E-state index in [0.717, 1.165) is 11.1 Å². The Morgan fingerprint density at radius 2 is 1.91 bits per heavy atom. The first-order chi connectivity index (χ1) is 15.5. The molecule has 0 saturated heterocycles. The van der Waals surface area contributed by atoms with Crippen LogP contribution in [0.15, 0.2) is 59.4 Å². The summed E-state index contributed by atoms with van der Waals surface area (Å²) in [6.45, 7) is 5.53. The maximum Gasteiger partial charge on any atom is 0.234 e. The van der Waals surface area contributed by atoms with Gasteiger partial charge in [0.15, 0.2) is 22.5 Å². The SMILES string of the molecule is C=Cn1c(SCC(=O)Nc2ccc(/C(C)=N\O)cc2)nnc1-c1ccc(OC)c(OC)c1. The van der Waals surface area contributed by atoms with Crippen molar-refractivity contribution in [2.45, 2.75) is 12.1 Å². The Morgan fingerprint density at radius 3 is 2.53 bits per heavy atom. The topological polar surface area (TPSA) is 111 Å². The van der Waals surface area contributed by atoms with Gasteiger partial charge in [-0.15, -0.1) is 10.2 Å². The molecule has 0 unspecified atom stereocenters. The molecule has 0 bridgehead atoms. The van der Waals surface area contributed by atoms with Gasteiger partial charge in [0.25, 0.3) is 0 Å². The Bertz CT molecular complexity index is 1140. The zero-order valence-electron chi connectivity index (χ0n) is 17.9. The van der Waals surface area contributed by atoms with Crippen LogP contribution in [0, 0.1) is 0 Å². The largest absolute Gasteiger partial charge is 0.493 e. The molecule has 10 heteroatoms. The number of aromatic nitrogens is 3. The minimum Gasteiger partial charge on any atom is -0.493 e. The second kappa shape index (κ2) is 10.5. The van der Waals surface area contributed by atoms with E-state index in [2.05, 4.69) is 27.2 Å². The number of hydrogen-bond acceptors (Lipinski definition) is 8. The third kappa shape index (κ3) is 5.09. The van der Waals surface area contributed by atoms with Crippen molar-refractivity contribution in [1.82, 2.24) is 14.8 Å². The van der Waals surface area contributed by atoms with Crippen LogP contribution in [0.5, 0.6) is 11.5 Å². The van der Waals surface area contributed by atoms with Gasteiger partial charge in [0, 0.05) is 17.5 Å². The van der Waals surface area contributed by atoms with E-state index in [0.29, 0.717) is 33.9 Å². The standard InChI is InChI=1S/C22H23N5O4S/c1-5-27-21(16-8-11-18(30-3)19(12-16)31-4)24-25-22(27)32-13-20(28)23-17-9-6-15(7-10-17)14(2)26-29/h5-12,29H,1,13H2,2-4H3,(H,23,28)/b26-14-. The summed E-state index contributed by atoms with van der Waals surface area (Å²) >= 11 is 1.24. The minimum absolute atomic E-state index is 0.136. The van der Waals surface area contributed by atoms with Crippen LogP contribution in [-0.2, 0) is 4.79 Å². The van der Waals surface area contributed by atoms with Crippen LogP contribution in [-0.4, -0.2) is 51.6 Å². The van der Waals surface area contributed by atoms with Crippen molar-refractivity contribution in [1.29, 1.82) is 0 Å². The maximum atomic E-state index is 12.4. The van der Waals surface area contributed by atoms with E-state index in [1.165, 1.54) is 11.8 Å². The summed E-state index contributed by atoms with van der Waals surface area (Å²) in [6.07, 6.45) is 1.59. The average Bonchev–Trinajstić information content (AvgIpc) is 3.25. The summed E-state index contributed by atoms with van der Waals surface area (Å²) in [4.78, 5) is 12.4. The molecule has 0 saturated carbocycles. The van der Waals surface area contributed by atoms with Gasteiger partial charge in [0.2, 0.25) is 5.91 Å². The van der Waals surface area contributed by atoms with Crippen molar-refractivity contribution in [2.24, 2.45) is 5.16 Å². The monoisotopic (exact) mass is 453 g/mol. The summed E-state index contributed by atoms with van der Waals surface area (Å²) in [5, 5.41) is 23.8. The molecule has 3 aromatic rings. The molecule has 32 heavy (non-hydrogen) atoms. The lowest BCUT2D eigenvalue weighted by atomic mass is 10.1. The number of carbonyl (C=O) groups is 1. The van der Waals surface area contributed by atoms with Crippen molar-refractivity contribution < 1.29 is 19.5 Å². The van der Waals surface area contributed by atoms with E-state index in [-0.39, 0.29) is 11.7 Å². The van der Waals surface area contributed by atoms with Crippen molar-refractivity contribution in [2.75, 3.05) is 25.3 Å². The van der Waals surface area contributed by atoms with Crippen molar-refractivity contribution in [3.8, 4) is 22.9 Å².